The number of rotatable bonds is 7. The van der Waals surface area contributed by atoms with Crippen molar-refractivity contribution in [2.24, 2.45) is 0 Å². The summed E-state index contributed by atoms with van der Waals surface area (Å²) in [7, 11) is -1.33. The SMILES string of the molecule is CCc1cc(N2CCN(CCO)CC2)ccc1Nc1ncc(C(F)(F)F)c(-c2cc3c(s2)COCCS3=O)n1. The number of hydrogen-bond donors (Lipinski definition) is 2. The number of ether oxygens (including phenoxy) is 1. The smallest absolute Gasteiger partial charge is 0.395 e. The number of β-amino-alcohol motifs (C(OH)–C–C–N with tert-alkyl or cyclic N) is 1. The van der Waals surface area contributed by atoms with Gasteiger partial charge in [-0.05, 0) is 36.2 Å². The van der Waals surface area contributed by atoms with Gasteiger partial charge in [0.1, 0.15) is 5.56 Å². The monoisotopic (exact) mass is 581 g/mol. The van der Waals surface area contributed by atoms with Crippen LogP contribution in [-0.2, 0) is 34.7 Å². The highest BCUT2D eigenvalue weighted by Crippen LogP contribution is 2.41. The summed E-state index contributed by atoms with van der Waals surface area (Å²) in [5.41, 5.74) is 1.60. The van der Waals surface area contributed by atoms with Gasteiger partial charge in [-0.15, -0.1) is 11.3 Å². The van der Waals surface area contributed by atoms with Crippen LogP contribution in [0.25, 0.3) is 10.6 Å². The number of nitrogens with one attached hydrogen (secondary N) is 1. The summed E-state index contributed by atoms with van der Waals surface area (Å²) in [4.78, 5) is 14.3. The lowest BCUT2D eigenvalue weighted by atomic mass is 10.1. The average Bonchev–Trinajstić information content (AvgIpc) is 3.28. The van der Waals surface area contributed by atoms with Gasteiger partial charge in [0, 0.05) is 55.2 Å². The number of aromatic nitrogens is 2. The summed E-state index contributed by atoms with van der Waals surface area (Å²) in [5.74, 6) is 0.360. The van der Waals surface area contributed by atoms with Gasteiger partial charge in [-0.2, -0.15) is 13.2 Å². The number of benzene rings is 1. The molecule has 4 heterocycles. The summed E-state index contributed by atoms with van der Waals surface area (Å²) in [5, 5.41) is 12.3. The third-order valence-corrected chi connectivity index (χ3v) is 9.50. The van der Waals surface area contributed by atoms with Gasteiger partial charge in [-0.1, -0.05) is 6.92 Å². The molecule has 3 aromatic rings. The Morgan fingerprint density at radius 3 is 2.72 bits per heavy atom. The van der Waals surface area contributed by atoms with Crippen molar-refractivity contribution in [2.75, 3.05) is 61.9 Å². The standard InChI is InChI=1S/C26H30F3N5O3S2/c1-2-17-13-18(34-7-5-33(6-8-34)9-10-35)3-4-20(17)31-25-30-15-19(26(27,28)29)24(32-25)21-14-23-22(38-21)16-37-11-12-39(23)36/h3-4,13-15,35H,2,5-12,16H2,1H3,(H,30,31,32). The fraction of sp³-hybridized carbons (Fsp3) is 0.462. The van der Waals surface area contributed by atoms with E-state index in [0.29, 0.717) is 35.1 Å². The van der Waals surface area contributed by atoms with Gasteiger partial charge >= 0.3 is 6.18 Å². The summed E-state index contributed by atoms with van der Waals surface area (Å²) in [6.45, 7) is 6.84. The Morgan fingerprint density at radius 2 is 2.00 bits per heavy atom. The molecule has 1 unspecified atom stereocenters. The molecule has 2 N–H and O–H groups in total. The van der Waals surface area contributed by atoms with Gasteiger partial charge < -0.3 is 20.1 Å². The van der Waals surface area contributed by atoms with Crippen molar-refractivity contribution in [3.8, 4) is 10.6 Å². The van der Waals surface area contributed by atoms with Crippen LogP contribution in [0, 0.1) is 0 Å². The number of hydrogen-bond acceptors (Lipinski definition) is 9. The molecule has 8 nitrogen and oxygen atoms in total. The minimum absolute atomic E-state index is 0.0547. The maximum absolute atomic E-state index is 13.9. The average molecular weight is 582 g/mol. The summed E-state index contributed by atoms with van der Waals surface area (Å²) >= 11 is 1.12. The molecule has 0 aliphatic carbocycles. The summed E-state index contributed by atoms with van der Waals surface area (Å²) in [6.07, 6.45) is -3.14. The molecule has 1 fully saturated rings. The maximum atomic E-state index is 13.9. The molecule has 0 bridgehead atoms. The number of aliphatic hydroxyl groups excluding tert-OH is 1. The van der Waals surface area contributed by atoms with Crippen LogP contribution >= 0.6 is 11.3 Å². The number of nitrogens with zero attached hydrogens (tertiary/aromatic N) is 4. The van der Waals surface area contributed by atoms with Crippen molar-refractivity contribution in [2.45, 2.75) is 31.0 Å². The van der Waals surface area contributed by atoms with Crippen LogP contribution in [0.5, 0.6) is 0 Å². The Balaban J connectivity index is 1.42. The molecular weight excluding hydrogens is 551 g/mol. The molecule has 0 saturated carbocycles. The van der Waals surface area contributed by atoms with Crippen LogP contribution < -0.4 is 10.2 Å². The number of aryl methyl sites for hydroxylation is 1. The third kappa shape index (κ3) is 6.27. The predicted molar refractivity (Wildman–Crippen MR) is 146 cm³/mol. The molecule has 1 atom stereocenters. The van der Waals surface area contributed by atoms with E-state index < -0.39 is 22.5 Å². The zero-order valence-electron chi connectivity index (χ0n) is 21.5. The molecule has 39 heavy (non-hydrogen) atoms. The molecule has 1 aromatic carbocycles. The highest BCUT2D eigenvalue weighted by molar-refractivity contribution is 7.85. The fourth-order valence-electron chi connectivity index (χ4n) is 4.75. The van der Waals surface area contributed by atoms with Crippen molar-refractivity contribution >= 4 is 39.5 Å². The lowest BCUT2D eigenvalue weighted by molar-refractivity contribution is -0.137. The van der Waals surface area contributed by atoms with Crippen LogP contribution in [0.15, 0.2) is 35.4 Å². The van der Waals surface area contributed by atoms with Gasteiger partial charge in [0.15, 0.2) is 0 Å². The van der Waals surface area contributed by atoms with Crippen LogP contribution in [0.3, 0.4) is 0 Å². The van der Waals surface area contributed by atoms with Crippen LogP contribution in [-0.4, -0.2) is 75.9 Å². The second kappa shape index (κ2) is 11.9. The Morgan fingerprint density at radius 1 is 1.21 bits per heavy atom. The molecule has 1 saturated heterocycles. The van der Waals surface area contributed by atoms with Gasteiger partial charge in [-0.3, -0.25) is 9.11 Å². The first kappa shape index (κ1) is 28.0. The summed E-state index contributed by atoms with van der Waals surface area (Å²) in [6, 6.07) is 7.52. The number of anilines is 3. The number of aliphatic hydroxyl groups is 1. The van der Waals surface area contributed by atoms with Crippen molar-refractivity contribution in [3.63, 3.8) is 0 Å². The van der Waals surface area contributed by atoms with Crippen molar-refractivity contribution in [3.05, 3.63) is 46.5 Å². The van der Waals surface area contributed by atoms with E-state index in [0.717, 1.165) is 60.7 Å². The van der Waals surface area contributed by atoms with E-state index in [1.54, 1.807) is 6.07 Å². The Kier molecular flexibility index (Phi) is 8.52. The largest absolute Gasteiger partial charge is 0.420 e. The van der Waals surface area contributed by atoms with E-state index in [2.05, 4.69) is 31.2 Å². The first-order valence-electron chi connectivity index (χ1n) is 12.8. The molecule has 13 heteroatoms. The zero-order valence-corrected chi connectivity index (χ0v) is 23.1. The highest BCUT2D eigenvalue weighted by atomic mass is 32.2. The van der Waals surface area contributed by atoms with E-state index in [1.807, 2.05) is 19.1 Å². The number of alkyl halides is 3. The van der Waals surface area contributed by atoms with Gasteiger partial charge in [0.05, 0.1) is 51.8 Å². The molecular formula is C26H30F3N5O3S2. The Labute approximate surface area is 231 Å². The van der Waals surface area contributed by atoms with Crippen molar-refractivity contribution in [1.29, 1.82) is 0 Å². The third-order valence-electron chi connectivity index (χ3n) is 6.86. The Bertz CT molecular complexity index is 1340. The second-order valence-corrected chi connectivity index (χ2v) is 12.0. The topological polar surface area (TPSA) is 90.8 Å². The maximum Gasteiger partial charge on any atom is 0.420 e. The fourth-order valence-corrected chi connectivity index (χ4v) is 7.28. The first-order chi connectivity index (χ1) is 18.8. The van der Waals surface area contributed by atoms with E-state index >= 15 is 0 Å². The van der Waals surface area contributed by atoms with E-state index in [1.165, 1.54) is 0 Å². The van der Waals surface area contributed by atoms with Gasteiger partial charge in [0.25, 0.3) is 0 Å². The summed E-state index contributed by atoms with van der Waals surface area (Å²) < 4.78 is 59.8. The van der Waals surface area contributed by atoms with E-state index in [9.17, 15) is 22.5 Å². The first-order valence-corrected chi connectivity index (χ1v) is 14.9. The molecule has 5 rings (SSSR count). The van der Waals surface area contributed by atoms with Gasteiger partial charge in [0.2, 0.25) is 5.95 Å². The predicted octanol–water partition coefficient (Wildman–Crippen LogP) is 4.28. The second-order valence-electron chi connectivity index (χ2n) is 9.33. The quantitative estimate of drug-likeness (QED) is 0.428. The normalized spacial score (nSPS) is 18.6. The molecule has 2 aromatic heterocycles. The van der Waals surface area contributed by atoms with Gasteiger partial charge in [-0.25, -0.2) is 9.97 Å². The van der Waals surface area contributed by atoms with Crippen LogP contribution in [0.4, 0.5) is 30.5 Å². The molecule has 0 radical (unpaired) electrons. The van der Waals surface area contributed by atoms with Crippen LogP contribution in [0.1, 0.15) is 22.9 Å². The highest BCUT2D eigenvalue weighted by Gasteiger charge is 2.36. The number of halogens is 3. The zero-order chi connectivity index (χ0) is 27.6. The molecule has 0 amide bonds. The van der Waals surface area contributed by atoms with Crippen molar-refractivity contribution < 1.29 is 27.2 Å². The Hall–Kier alpha value is -2.58. The lowest BCUT2D eigenvalue weighted by Gasteiger charge is -2.36. The van der Waals surface area contributed by atoms with Crippen LogP contribution in [0.2, 0.25) is 0 Å². The minimum Gasteiger partial charge on any atom is -0.395 e. The number of thiophene rings is 1. The van der Waals surface area contributed by atoms with E-state index in [4.69, 9.17) is 4.74 Å². The van der Waals surface area contributed by atoms with Crippen molar-refractivity contribution in [1.82, 2.24) is 14.9 Å². The molecule has 210 valence electrons. The molecule has 2 aliphatic rings. The van der Waals surface area contributed by atoms with E-state index in [-0.39, 0.29) is 29.7 Å². The number of fused-ring (bicyclic) bond motifs is 1. The number of piperazine rings is 1. The molecule has 0 spiro atoms. The minimum atomic E-state index is -4.65. The molecule has 2 aliphatic heterocycles. The lowest BCUT2D eigenvalue weighted by Crippen LogP contribution is -2.47.